The quantitative estimate of drug-likeness (QED) is 0.692. The van der Waals surface area contributed by atoms with E-state index >= 15 is 0 Å². The van der Waals surface area contributed by atoms with Gasteiger partial charge < -0.3 is 10.2 Å². The molecular weight excluding hydrogens is 376 g/mol. The van der Waals surface area contributed by atoms with E-state index in [-0.39, 0.29) is 5.91 Å². The molecule has 0 atom stereocenters. The average molecular weight is 397 g/mol. The number of hydrogen-bond donors (Lipinski definition) is 1. The second-order valence-corrected chi connectivity index (χ2v) is 8.69. The van der Waals surface area contributed by atoms with E-state index in [1.54, 1.807) is 6.07 Å². The Balaban J connectivity index is 1.26. The average Bonchev–Trinajstić information content (AvgIpc) is 3.33. The first-order chi connectivity index (χ1) is 13.2. The SMILES string of the molecule is N#Cc1ccsc1NC(=O)CCN1CCC(c2nc3ccccc3s2)CC1. The van der Waals surface area contributed by atoms with Crippen LogP contribution < -0.4 is 5.32 Å². The molecule has 7 heteroatoms. The van der Waals surface area contributed by atoms with Gasteiger partial charge in [-0.25, -0.2) is 4.98 Å². The molecule has 0 bridgehead atoms. The summed E-state index contributed by atoms with van der Waals surface area (Å²) in [6.07, 6.45) is 2.63. The Hall–Kier alpha value is -2.27. The minimum absolute atomic E-state index is 0.0257. The van der Waals surface area contributed by atoms with Crippen LogP contribution in [0.15, 0.2) is 35.7 Å². The summed E-state index contributed by atoms with van der Waals surface area (Å²) < 4.78 is 1.26. The summed E-state index contributed by atoms with van der Waals surface area (Å²) in [6.45, 7) is 2.75. The molecule has 0 saturated carbocycles. The number of nitrogens with one attached hydrogen (secondary N) is 1. The Bertz CT molecular complexity index is 946. The van der Waals surface area contributed by atoms with Gasteiger partial charge in [-0.2, -0.15) is 5.26 Å². The molecule has 1 fully saturated rings. The molecule has 2 aromatic heterocycles. The van der Waals surface area contributed by atoms with Crippen LogP contribution >= 0.6 is 22.7 Å². The van der Waals surface area contributed by atoms with Gasteiger partial charge in [0.05, 0.1) is 20.8 Å². The highest BCUT2D eigenvalue weighted by atomic mass is 32.1. The van der Waals surface area contributed by atoms with E-state index in [1.807, 2.05) is 22.8 Å². The van der Waals surface area contributed by atoms with Crippen LogP contribution in [-0.2, 0) is 4.79 Å². The van der Waals surface area contributed by atoms with Crippen molar-refractivity contribution in [2.24, 2.45) is 0 Å². The molecule has 5 nitrogen and oxygen atoms in total. The summed E-state index contributed by atoms with van der Waals surface area (Å²) in [7, 11) is 0. The number of hydrogen-bond acceptors (Lipinski definition) is 6. The number of thiazole rings is 1. The van der Waals surface area contributed by atoms with Gasteiger partial charge in [-0.3, -0.25) is 4.79 Å². The van der Waals surface area contributed by atoms with Crippen LogP contribution in [0.2, 0.25) is 0 Å². The van der Waals surface area contributed by atoms with E-state index in [2.05, 4.69) is 34.5 Å². The summed E-state index contributed by atoms with van der Waals surface area (Å²) in [5.41, 5.74) is 1.63. The van der Waals surface area contributed by atoms with E-state index in [0.29, 0.717) is 22.9 Å². The molecule has 1 aliphatic heterocycles. The maximum Gasteiger partial charge on any atom is 0.226 e. The van der Waals surface area contributed by atoms with Gasteiger partial charge in [0.1, 0.15) is 11.1 Å². The monoisotopic (exact) mass is 396 g/mol. The van der Waals surface area contributed by atoms with Crippen molar-refractivity contribution in [1.82, 2.24) is 9.88 Å². The maximum atomic E-state index is 12.2. The fourth-order valence-electron chi connectivity index (χ4n) is 3.41. The van der Waals surface area contributed by atoms with Crippen molar-refractivity contribution >= 4 is 43.8 Å². The van der Waals surface area contributed by atoms with Crippen LogP contribution in [0.5, 0.6) is 0 Å². The van der Waals surface area contributed by atoms with Gasteiger partial charge in [-0.05, 0) is 49.5 Å². The Kier molecular flexibility index (Phi) is 5.48. The van der Waals surface area contributed by atoms with Gasteiger partial charge in [0.15, 0.2) is 0 Å². The minimum Gasteiger partial charge on any atom is -0.317 e. The molecule has 0 spiro atoms. The number of nitriles is 1. The molecule has 3 aromatic rings. The highest BCUT2D eigenvalue weighted by Crippen LogP contribution is 2.33. The first-order valence-corrected chi connectivity index (χ1v) is 10.8. The summed E-state index contributed by atoms with van der Waals surface area (Å²) in [5, 5.41) is 15.6. The molecule has 1 saturated heterocycles. The van der Waals surface area contributed by atoms with Gasteiger partial charge in [0, 0.05) is 18.9 Å². The van der Waals surface area contributed by atoms with Crippen molar-refractivity contribution in [2.45, 2.75) is 25.2 Å². The van der Waals surface area contributed by atoms with Crippen molar-refractivity contribution in [3.05, 3.63) is 46.3 Å². The van der Waals surface area contributed by atoms with E-state index in [1.165, 1.54) is 21.0 Å². The number of piperidine rings is 1. The summed E-state index contributed by atoms with van der Waals surface area (Å²) >= 11 is 3.20. The third-order valence-electron chi connectivity index (χ3n) is 4.94. The highest BCUT2D eigenvalue weighted by Gasteiger charge is 2.23. The predicted molar refractivity (Wildman–Crippen MR) is 110 cm³/mol. The van der Waals surface area contributed by atoms with Crippen LogP contribution in [-0.4, -0.2) is 35.4 Å². The lowest BCUT2D eigenvalue weighted by atomic mass is 9.97. The van der Waals surface area contributed by atoms with Crippen LogP contribution in [0.25, 0.3) is 10.2 Å². The molecule has 0 aliphatic carbocycles. The fraction of sp³-hybridized carbons (Fsp3) is 0.350. The standard InChI is InChI=1S/C20H20N4OS2/c21-13-15-8-12-26-19(15)23-18(25)7-11-24-9-5-14(6-10-24)20-22-16-3-1-2-4-17(16)27-20/h1-4,8,12,14H,5-7,9-11H2,(H,23,25). The van der Waals surface area contributed by atoms with Crippen LogP contribution in [0.1, 0.15) is 35.8 Å². The lowest BCUT2D eigenvalue weighted by Crippen LogP contribution is -2.35. The summed E-state index contributed by atoms with van der Waals surface area (Å²) in [5.74, 6) is 0.499. The Morgan fingerprint density at radius 3 is 2.89 bits per heavy atom. The molecule has 3 heterocycles. The summed E-state index contributed by atoms with van der Waals surface area (Å²) in [4.78, 5) is 19.3. The van der Waals surface area contributed by atoms with Gasteiger partial charge >= 0.3 is 0 Å². The minimum atomic E-state index is -0.0257. The topological polar surface area (TPSA) is 69.0 Å². The number of nitrogens with zero attached hydrogens (tertiary/aromatic N) is 3. The van der Waals surface area contributed by atoms with Crippen LogP contribution in [0, 0.1) is 11.3 Å². The lowest BCUT2D eigenvalue weighted by Gasteiger charge is -2.30. The molecule has 138 valence electrons. The van der Waals surface area contributed by atoms with Gasteiger partial charge in [0.25, 0.3) is 0 Å². The van der Waals surface area contributed by atoms with Crippen molar-refractivity contribution in [1.29, 1.82) is 5.26 Å². The number of carbonyl (C=O) groups excluding carboxylic acids is 1. The maximum absolute atomic E-state index is 12.2. The third kappa shape index (κ3) is 4.19. The highest BCUT2D eigenvalue weighted by molar-refractivity contribution is 7.18. The van der Waals surface area contributed by atoms with Gasteiger partial charge in [0.2, 0.25) is 5.91 Å². The van der Waals surface area contributed by atoms with E-state index in [9.17, 15) is 4.79 Å². The number of thiophene rings is 1. The fourth-order valence-corrected chi connectivity index (χ4v) is 5.30. The van der Waals surface area contributed by atoms with Crippen molar-refractivity contribution in [3.8, 4) is 6.07 Å². The zero-order valence-corrected chi connectivity index (χ0v) is 16.5. The molecule has 0 radical (unpaired) electrons. The molecule has 27 heavy (non-hydrogen) atoms. The number of amides is 1. The third-order valence-corrected chi connectivity index (χ3v) is 6.97. The Morgan fingerprint density at radius 1 is 1.30 bits per heavy atom. The Morgan fingerprint density at radius 2 is 2.11 bits per heavy atom. The van der Waals surface area contributed by atoms with Crippen LogP contribution in [0.4, 0.5) is 5.00 Å². The van der Waals surface area contributed by atoms with E-state index < -0.39 is 0 Å². The molecule has 1 aliphatic rings. The van der Waals surface area contributed by atoms with E-state index in [4.69, 9.17) is 10.2 Å². The molecule has 4 rings (SSSR count). The van der Waals surface area contributed by atoms with Crippen LogP contribution in [0.3, 0.4) is 0 Å². The lowest BCUT2D eigenvalue weighted by molar-refractivity contribution is -0.116. The second-order valence-electron chi connectivity index (χ2n) is 6.71. The molecule has 1 aromatic carbocycles. The first kappa shape index (κ1) is 18.1. The van der Waals surface area contributed by atoms with Gasteiger partial charge in [-0.15, -0.1) is 22.7 Å². The van der Waals surface area contributed by atoms with Crippen molar-refractivity contribution in [2.75, 3.05) is 25.0 Å². The van der Waals surface area contributed by atoms with Crippen molar-refractivity contribution in [3.63, 3.8) is 0 Å². The zero-order valence-electron chi connectivity index (χ0n) is 14.9. The molecule has 0 unspecified atom stereocenters. The second kappa shape index (κ2) is 8.17. The molecular formula is C20H20N4OS2. The van der Waals surface area contributed by atoms with Crippen molar-refractivity contribution < 1.29 is 4.79 Å². The number of rotatable bonds is 5. The number of para-hydroxylation sites is 1. The normalized spacial score (nSPS) is 15.7. The zero-order chi connectivity index (χ0) is 18.6. The number of benzene rings is 1. The number of carbonyl (C=O) groups is 1. The number of fused-ring (bicyclic) bond motifs is 1. The summed E-state index contributed by atoms with van der Waals surface area (Å²) in [6, 6.07) is 12.1. The Labute approximate surface area is 166 Å². The van der Waals surface area contributed by atoms with E-state index in [0.717, 1.165) is 38.0 Å². The molecule has 1 amide bonds. The number of likely N-dealkylation sites (tertiary alicyclic amines) is 1. The number of aromatic nitrogens is 1. The number of anilines is 1. The smallest absolute Gasteiger partial charge is 0.226 e. The van der Waals surface area contributed by atoms with Gasteiger partial charge in [-0.1, -0.05) is 12.1 Å². The first-order valence-electron chi connectivity index (χ1n) is 9.08. The molecule has 1 N–H and O–H groups in total. The predicted octanol–water partition coefficient (Wildman–Crippen LogP) is 4.44. The largest absolute Gasteiger partial charge is 0.317 e.